The standard InChI is InChI=1S/C22H32O5/c1-2-3-4-5-11-25-14-19-18(20-9-10-21(19)27-20)13-16-7-6-8-17(12-16)26-15-22(23)24/h6-8,12,18-21H,2-5,9-11,13-15H2,1H3,(H,23,24)/t18-,19+,20-,21+/m0/s1. The summed E-state index contributed by atoms with van der Waals surface area (Å²) in [6.07, 6.45) is 8.79. The molecule has 3 rings (SSSR count). The van der Waals surface area contributed by atoms with Gasteiger partial charge in [0.1, 0.15) is 5.75 Å². The Bertz CT molecular complexity index is 602. The highest BCUT2D eigenvalue weighted by Gasteiger charge is 2.48. The van der Waals surface area contributed by atoms with Crippen LogP contribution in [0.2, 0.25) is 0 Å². The number of rotatable bonds is 12. The van der Waals surface area contributed by atoms with Crippen molar-refractivity contribution in [2.45, 2.75) is 64.1 Å². The molecule has 2 bridgehead atoms. The van der Waals surface area contributed by atoms with Gasteiger partial charge in [0.05, 0.1) is 18.8 Å². The Morgan fingerprint density at radius 3 is 2.78 bits per heavy atom. The molecule has 2 fully saturated rings. The molecule has 0 saturated carbocycles. The molecule has 5 nitrogen and oxygen atoms in total. The van der Waals surface area contributed by atoms with Crippen LogP contribution in [-0.2, 0) is 20.7 Å². The second-order valence-corrected chi connectivity index (χ2v) is 7.79. The molecule has 0 amide bonds. The fraction of sp³-hybridized carbons (Fsp3) is 0.682. The number of carboxylic acids is 1. The summed E-state index contributed by atoms with van der Waals surface area (Å²) in [6, 6.07) is 7.78. The van der Waals surface area contributed by atoms with E-state index >= 15 is 0 Å². The van der Waals surface area contributed by atoms with E-state index in [1.54, 1.807) is 6.07 Å². The van der Waals surface area contributed by atoms with Crippen LogP contribution < -0.4 is 4.74 Å². The lowest BCUT2D eigenvalue weighted by atomic mass is 9.76. The number of hydrogen-bond donors (Lipinski definition) is 1. The van der Waals surface area contributed by atoms with Gasteiger partial charge < -0.3 is 19.3 Å². The van der Waals surface area contributed by atoms with E-state index in [9.17, 15) is 4.79 Å². The summed E-state index contributed by atoms with van der Waals surface area (Å²) in [7, 11) is 0. The van der Waals surface area contributed by atoms with Gasteiger partial charge in [-0.2, -0.15) is 0 Å². The minimum Gasteiger partial charge on any atom is -0.482 e. The van der Waals surface area contributed by atoms with Crippen molar-refractivity contribution in [1.29, 1.82) is 0 Å². The van der Waals surface area contributed by atoms with E-state index < -0.39 is 5.97 Å². The van der Waals surface area contributed by atoms with Crippen molar-refractivity contribution >= 4 is 5.97 Å². The Balaban J connectivity index is 1.53. The summed E-state index contributed by atoms with van der Waals surface area (Å²) in [6.45, 7) is 3.54. The Morgan fingerprint density at radius 1 is 1.19 bits per heavy atom. The van der Waals surface area contributed by atoms with Gasteiger partial charge in [0.2, 0.25) is 0 Å². The van der Waals surface area contributed by atoms with E-state index in [-0.39, 0.29) is 6.61 Å². The van der Waals surface area contributed by atoms with Crippen LogP contribution in [0.15, 0.2) is 24.3 Å². The van der Waals surface area contributed by atoms with E-state index in [0.717, 1.165) is 38.9 Å². The second kappa shape index (κ2) is 10.1. The highest BCUT2D eigenvalue weighted by atomic mass is 16.5. The fourth-order valence-corrected chi connectivity index (χ4v) is 4.41. The average molecular weight is 376 g/mol. The topological polar surface area (TPSA) is 65.0 Å². The first-order valence-corrected chi connectivity index (χ1v) is 10.3. The first-order valence-electron chi connectivity index (χ1n) is 10.3. The third-order valence-electron chi connectivity index (χ3n) is 5.78. The molecule has 1 aromatic rings. The quantitative estimate of drug-likeness (QED) is 0.557. The molecule has 4 atom stereocenters. The number of unbranched alkanes of at least 4 members (excludes halogenated alkanes) is 3. The monoisotopic (exact) mass is 376 g/mol. The normalized spacial score (nSPS) is 26.4. The van der Waals surface area contributed by atoms with Gasteiger partial charge >= 0.3 is 5.97 Å². The lowest BCUT2D eigenvalue weighted by Crippen LogP contribution is -2.32. The number of fused-ring (bicyclic) bond motifs is 2. The first kappa shape index (κ1) is 20.2. The van der Waals surface area contributed by atoms with E-state index in [1.165, 1.54) is 24.8 Å². The number of benzene rings is 1. The zero-order valence-electron chi connectivity index (χ0n) is 16.3. The molecule has 0 aromatic heterocycles. The molecule has 0 unspecified atom stereocenters. The maximum atomic E-state index is 10.7. The van der Waals surface area contributed by atoms with Crippen molar-refractivity contribution in [3.63, 3.8) is 0 Å². The minimum absolute atomic E-state index is 0.310. The molecule has 0 spiro atoms. The van der Waals surface area contributed by atoms with E-state index in [1.807, 2.05) is 12.1 Å². The highest BCUT2D eigenvalue weighted by Crippen LogP contribution is 2.45. The van der Waals surface area contributed by atoms with Crippen molar-refractivity contribution < 1.29 is 24.1 Å². The van der Waals surface area contributed by atoms with Crippen molar-refractivity contribution in [2.24, 2.45) is 11.8 Å². The van der Waals surface area contributed by atoms with Gasteiger partial charge in [-0.05, 0) is 49.3 Å². The number of hydrogen-bond acceptors (Lipinski definition) is 4. The maximum Gasteiger partial charge on any atom is 0.341 e. The van der Waals surface area contributed by atoms with Crippen molar-refractivity contribution in [3.8, 4) is 5.75 Å². The van der Waals surface area contributed by atoms with Crippen LogP contribution in [0.5, 0.6) is 5.75 Å². The van der Waals surface area contributed by atoms with Gasteiger partial charge in [0.25, 0.3) is 0 Å². The molecule has 150 valence electrons. The van der Waals surface area contributed by atoms with Gasteiger partial charge in [0, 0.05) is 12.5 Å². The van der Waals surface area contributed by atoms with Crippen molar-refractivity contribution in [2.75, 3.05) is 19.8 Å². The Hall–Kier alpha value is -1.59. The Labute approximate surface area is 162 Å². The molecule has 5 heteroatoms. The lowest BCUT2D eigenvalue weighted by Gasteiger charge is -2.28. The smallest absolute Gasteiger partial charge is 0.341 e. The van der Waals surface area contributed by atoms with Crippen LogP contribution in [0.1, 0.15) is 51.0 Å². The minimum atomic E-state index is -0.960. The summed E-state index contributed by atoms with van der Waals surface area (Å²) in [5.41, 5.74) is 1.17. The summed E-state index contributed by atoms with van der Waals surface area (Å²) in [4.78, 5) is 10.7. The zero-order chi connectivity index (χ0) is 19.1. The lowest BCUT2D eigenvalue weighted by molar-refractivity contribution is -0.139. The summed E-state index contributed by atoms with van der Waals surface area (Å²) < 4.78 is 17.5. The van der Waals surface area contributed by atoms with Gasteiger partial charge in [-0.25, -0.2) is 4.79 Å². The molecule has 0 radical (unpaired) electrons. The molecule has 2 aliphatic heterocycles. The van der Waals surface area contributed by atoms with E-state index in [0.29, 0.717) is 29.8 Å². The molecular weight excluding hydrogens is 344 g/mol. The molecule has 27 heavy (non-hydrogen) atoms. The van der Waals surface area contributed by atoms with Crippen LogP contribution >= 0.6 is 0 Å². The van der Waals surface area contributed by atoms with Crippen LogP contribution in [0.3, 0.4) is 0 Å². The Morgan fingerprint density at radius 2 is 2.00 bits per heavy atom. The van der Waals surface area contributed by atoms with Crippen LogP contribution in [0.25, 0.3) is 0 Å². The molecule has 2 saturated heterocycles. The zero-order valence-corrected chi connectivity index (χ0v) is 16.3. The molecule has 1 N–H and O–H groups in total. The van der Waals surface area contributed by atoms with Gasteiger partial charge in [-0.3, -0.25) is 0 Å². The largest absolute Gasteiger partial charge is 0.482 e. The van der Waals surface area contributed by atoms with E-state index in [2.05, 4.69) is 13.0 Å². The summed E-state index contributed by atoms with van der Waals surface area (Å²) in [5, 5.41) is 8.78. The van der Waals surface area contributed by atoms with Crippen molar-refractivity contribution in [3.05, 3.63) is 29.8 Å². The SMILES string of the molecule is CCCCCCOC[C@@H]1[C@H](Cc2cccc(OCC(=O)O)c2)[C@@H]2CC[C@H]1O2. The second-order valence-electron chi connectivity index (χ2n) is 7.79. The predicted octanol–water partition coefficient (Wildman–Crippen LogP) is 4.08. The average Bonchev–Trinajstić information content (AvgIpc) is 3.26. The summed E-state index contributed by atoms with van der Waals surface area (Å²) in [5.74, 6) is 0.577. The number of carboxylic acid groups (broad SMARTS) is 1. The van der Waals surface area contributed by atoms with Gasteiger partial charge in [-0.1, -0.05) is 38.3 Å². The molecule has 1 aromatic carbocycles. The number of aliphatic carboxylic acids is 1. The highest BCUT2D eigenvalue weighted by molar-refractivity contribution is 5.68. The fourth-order valence-electron chi connectivity index (χ4n) is 4.41. The van der Waals surface area contributed by atoms with E-state index in [4.69, 9.17) is 19.3 Å². The maximum absolute atomic E-state index is 10.7. The van der Waals surface area contributed by atoms with Crippen LogP contribution in [-0.4, -0.2) is 43.1 Å². The third kappa shape index (κ3) is 5.69. The molecule has 2 heterocycles. The van der Waals surface area contributed by atoms with Crippen LogP contribution in [0, 0.1) is 11.8 Å². The van der Waals surface area contributed by atoms with Gasteiger partial charge in [0.15, 0.2) is 6.61 Å². The van der Waals surface area contributed by atoms with Crippen LogP contribution in [0.4, 0.5) is 0 Å². The third-order valence-corrected chi connectivity index (χ3v) is 5.78. The number of carbonyl (C=O) groups is 1. The summed E-state index contributed by atoms with van der Waals surface area (Å²) >= 11 is 0. The van der Waals surface area contributed by atoms with Crippen molar-refractivity contribution in [1.82, 2.24) is 0 Å². The van der Waals surface area contributed by atoms with Gasteiger partial charge in [-0.15, -0.1) is 0 Å². The molecule has 0 aliphatic carbocycles. The number of ether oxygens (including phenoxy) is 3. The Kier molecular flexibility index (Phi) is 7.53. The molecular formula is C22H32O5. The predicted molar refractivity (Wildman–Crippen MR) is 103 cm³/mol. The molecule has 2 aliphatic rings. The first-order chi connectivity index (χ1) is 13.2.